The van der Waals surface area contributed by atoms with Gasteiger partial charge < -0.3 is 9.47 Å². The molecule has 0 aromatic heterocycles. The van der Waals surface area contributed by atoms with Crippen LogP contribution in [0.1, 0.15) is 28.7 Å². The molecule has 0 saturated heterocycles. The summed E-state index contributed by atoms with van der Waals surface area (Å²) in [6.45, 7) is 1.32. The third-order valence-corrected chi connectivity index (χ3v) is 5.76. The van der Waals surface area contributed by atoms with Gasteiger partial charge in [-0.2, -0.15) is 0 Å². The Balaban J connectivity index is 1.96. The maximum Gasteiger partial charge on any atom is 0.0547 e. The van der Waals surface area contributed by atoms with Crippen molar-refractivity contribution in [3.05, 3.63) is 113 Å². The maximum atomic E-state index is 5.65. The molecule has 0 heterocycles. The van der Waals surface area contributed by atoms with Crippen molar-refractivity contribution < 1.29 is 9.47 Å². The van der Waals surface area contributed by atoms with E-state index in [-0.39, 0.29) is 5.41 Å². The van der Waals surface area contributed by atoms with Crippen LogP contribution in [0, 0.1) is 5.41 Å². The molecule has 0 unspecified atom stereocenters. The number of benzene rings is 3. The van der Waals surface area contributed by atoms with E-state index in [1.165, 1.54) is 27.8 Å². The second-order valence-electron chi connectivity index (χ2n) is 8.09. The van der Waals surface area contributed by atoms with Crippen LogP contribution >= 0.6 is 0 Å². The molecule has 0 radical (unpaired) electrons. The van der Waals surface area contributed by atoms with Gasteiger partial charge in [0.1, 0.15) is 0 Å². The van der Waals surface area contributed by atoms with E-state index in [2.05, 4.69) is 90.7 Å². The minimum atomic E-state index is -0.0847. The lowest BCUT2D eigenvalue weighted by Crippen LogP contribution is -2.37. The SMILES string of the molecule is COCC1(COC)CC(=C=C(c2ccccc2)c2ccccc2)c2ccccc2C1. The Morgan fingerprint density at radius 1 is 0.733 bits per heavy atom. The summed E-state index contributed by atoms with van der Waals surface area (Å²) in [6.07, 6.45) is 1.82. The van der Waals surface area contributed by atoms with Gasteiger partial charge in [-0.1, -0.05) is 84.9 Å². The monoisotopic (exact) mass is 396 g/mol. The standard InChI is InChI=1S/C28H28O2/c1-29-20-28(21-30-2)18-24-15-9-10-16-26(24)25(19-28)17-27(22-11-5-3-6-12-22)23-13-7-4-8-14-23/h3-16H,18-21H2,1-2H3. The summed E-state index contributed by atoms with van der Waals surface area (Å²) in [5.74, 6) is 0. The van der Waals surface area contributed by atoms with Crippen LogP contribution in [0.15, 0.2) is 90.7 Å². The van der Waals surface area contributed by atoms with Gasteiger partial charge in [-0.05, 0) is 35.1 Å². The largest absolute Gasteiger partial charge is 0.384 e. The molecule has 0 N–H and O–H groups in total. The Labute approximate surface area is 179 Å². The van der Waals surface area contributed by atoms with Crippen molar-refractivity contribution in [2.24, 2.45) is 5.41 Å². The number of allylic oxidation sites excluding steroid dienone is 1. The fourth-order valence-corrected chi connectivity index (χ4v) is 4.55. The highest BCUT2D eigenvalue weighted by atomic mass is 16.5. The van der Waals surface area contributed by atoms with Gasteiger partial charge in [0.15, 0.2) is 0 Å². The zero-order valence-corrected chi connectivity index (χ0v) is 17.7. The van der Waals surface area contributed by atoms with Gasteiger partial charge in [0.05, 0.1) is 13.2 Å². The van der Waals surface area contributed by atoms with Crippen molar-refractivity contribution in [2.75, 3.05) is 27.4 Å². The first-order valence-electron chi connectivity index (χ1n) is 10.4. The molecule has 3 aromatic carbocycles. The van der Waals surface area contributed by atoms with Crippen LogP contribution in [0.5, 0.6) is 0 Å². The van der Waals surface area contributed by atoms with Crippen LogP contribution < -0.4 is 0 Å². The lowest BCUT2D eigenvalue weighted by atomic mass is 9.70. The Kier molecular flexibility index (Phi) is 6.30. The molecular weight excluding hydrogens is 368 g/mol. The summed E-state index contributed by atoms with van der Waals surface area (Å²) in [4.78, 5) is 0. The lowest BCUT2D eigenvalue weighted by Gasteiger charge is -2.38. The first-order chi connectivity index (χ1) is 14.7. The molecule has 1 aliphatic carbocycles. The molecule has 0 saturated carbocycles. The molecule has 0 fully saturated rings. The number of methoxy groups -OCH3 is 2. The second-order valence-corrected chi connectivity index (χ2v) is 8.09. The molecule has 0 atom stereocenters. The molecule has 0 spiro atoms. The highest BCUT2D eigenvalue weighted by Crippen LogP contribution is 2.42. The highest BCUT2D eigenvalue weighted by Gasteiger charge is 2.37. The lowest BCUT2D eigenvalue weighted by molar-refractivity contribution is 0.0116. The Morgan fingerprint density at radius 2 is 1.27 bits per heavy atom. The highest BCUT2D eigenvalue weighted by molar-refractivity contribution is 5.85. The fraction of sp³-hybridized carbons (Fsp3) is 0.250. The molecule has 3 aromatic rings. The molecule has 152 valence electrons. The predicted molar refractivity (Wildman–Crippen MR) is 123 cm³/mol. The van der Waals surface area contributed by atoms with E-state index in [9.17, 15) is 0 Å². The van der Waals surface area contributed by atoms with Gasteiger partial charge in [-0.15, -0.1) is 5.73 Å². The zero-order chi connectivity index (χ0) is 20.8. The van der Waals surface area contributed by atoms with Crippen LogP contribution in [0.4, 0.5) is 0 Å². The molecular formula is C28H28O2. The number of ether oxygens (including phenoxy) is 2. The summed E-state index contributed by atoms with van der Waals surface area (Å²) >= 11 is 0. The molecule has 0 aliphatic heterocycles. The van der Waals surface area contributed by atoms with Gasteiger partial charge in [0.25, 0.3) is 0 Å². The van der Waals surface area contributed by atoms with Crippen molar-refractivity contribution in [1.29, 1.82) is 0 Å². The van der Waals surface area contributed by atoms with Crippen LogP contribution in [0.2, 0.25) is 0 Å². The summed E-state index contributed by atoms with van der Waals surface area (Å²) in [5, 5.41) is 0. The normalized spacial score (nSPS) is 14.7. The minimum Gasteiger partial charge on any atom is -0.384 e. The average Bonchev–Trinajstić information content (AvgIpc) is 2.79. The van der Waals surface area contributed by atoms with Crippen LogP contribution in [-0.4, -0.2) is 27.4 Å². The first kappa shape index (κ1) is 20.4. The van der Waals surface area contributed by atoms with E-state index in [0.29, 0.717) is 13.2 Å². The predicted octanol–water partition coefficient (Wildman–Crippen LogP) is 6.03. The van der Waals surface area contributed by atoms with Crippen molar-refractivity contribution in [1.82, 2.24) is 0 Å². The van der Waals surface area contributed by atoms with E-state index in [0.717, 1.165) is 18.4 Å². The van der Waals surface area contributed by atoms with Gasteiger partial charge in [0.2, 0.25) is 0 Å². The second kappa shape index (κ2) is 9.28. The van der Waals surface area contributed by atoms with E-state index >= 15 is 0 Å². The number of hydrogen-bond acceptors (Lipinski definition) is 2. The molecule has 2 heteroatoms. The van der Waals surface area contributed by atoms with Crippen molar-refractivity contribution in [2.45, 2.75) is 12.8 Å². The Bertz CT molecular complexity index is 997. The van der Waals surface area contributed by atoms with Gasteiger partial charge >= 0.3 is 0 Å². The fourth-order valence-electron chi connectivity index (χ4n) is 4.55. The summed E-state index contributed by atoms with van der Waals surface area (Å²) in [5.41, 5.74) is 11.0. The van der Waals surface area contributed by atoms with Crippen molar-refractivity contribution in [3.8, 4) is 0 Å². The summed E-state index contributed by atoms with van der Waals surface area (Å²) in [6, 6.07) is 29.7. The van der Waals surface area contributed by atoms with E-state index in [1.54, 1.807) is 14.2 Å². The summed E-state index contributed by atoms with van der Waals surface area (Å²) in [7, 11) is 3.55. The van der Waals surface area contributed by atoms with Gasteiger partial charge in [-0.3, -0.25) is 0 Å². The van der Waals surface area contributed by atoms with Crippen molar-refractivity contribution in [3.63, 3.8) is 0 Å². The topological polar surface area (TPSA) is 18.5 Å². The van der Waals surface area contributed by atoms with Crippen molar-refractivity contribution >= 4 is 11.1 Å². The third-order valence-electron chi connectivity index (χ3n) is 5.76. The minimum absolute atomic E-state index is 0.0847. The van der Waals surface area contributed by atoms with Crippen LogP contribution in [0.3, 0.4) is 0 Å². The van der Waals surface area contributed by atoms with Crippen LogP contribution in [0.25, 0.3) is 11.1 Å². The van der Waals surface area contributed by atoms with Gasteiger partial charge in [0, 0.05) is 30.8 Å². The molecule has 2 nitrogen and oxygen atoms in total. The average molecular weight is 397 g/mol. The Hall–Kier alpha value is -2.90. The van der Waals surface area contributed by atoms with E-state index < -0.39 is 0 Å². The summed E-state index contributed by atoms with van der Waals surface area (Å²) < 4.78 is 11.3. The van der Waals surface area contributed by atoms with Gasteiger partial charge in [-0.25, -0.2) is 0 Å². The molecule has 0 amide bonds. The third kappa shape index (κ3) is 4.32. The number of hydrogen-bond donors (Lipinski definition) is 0. The van der Waals surface area contributed by atoms with Crippen LogP contribution in [-0.2, 0) is 15.9 Å². The smallest absolute Gasteiger partial charge is 0.0547 e. The molecule has 30 heavy (non-hydrogen) atoms. The molecule has 0 bridgehead atoms. The number of fused-ring (bicyclic) bond motifs is 1. The number of rotatable bonds is 6. The van der Waals surface area contributed by atoms with E-state index in [4.69, 9.17) is 9.47 Å². The first-order valence-corrected chi connectivity index (χ1v) is 10.4. The maximum absolute atomic E-state index is 5.65. The molecule has 1 aliphatic rings. The zero-order valence-electron chi connectivity index (χ0n) is 17.7. The molecule has 4 rings (SSSR count). The quantitative estimate of drug-likeness (QED) is 0.474. The Morgan fingerprint density at radius 3 is 1.83 bits per heavy atom. The van der Waals surface area contributed by atoms with E-state index in [1.807, 2.05) is 0 Å².